The largest absolute Gasteiger partial charge is 0.292 e. The van der Waals surface area contributed by atoms with Gasteiger partial charge in [0.15, 0.2) is 0 Å². The first-order valence-corrected chi connectivity index (χ1v) is 30.9. The molecule has 0 unspecified atom stereocenters. The normalized spacial score (nSPS) is 11.8. The fourth-order valence-corrected chi connectivity index (χ4v) is 14.3. The molecule has 18 rings (SSSR count). The van der Waals surface area contributed by atoms with Gasteiger partial charge in [-0.2, -0.15) is 0 Å². The molecule has 0 aliphatic heterocycles. The number of imidazole rings is 2. The second kappa shape index (κ2) is 20.9. The van der Waals surface area contributed by atoms with E-state index in [-0.39, 0.29) is 0 Å². The Hall–Kier alpha value is -12.0. The topological polar surface area (TPSA) is 35.6 Å². The fourth-order valence-electron chi connectivity index (χ4n) is 14.3. The molecule has 2 aromatic heterocycles. The zero-order chi connectivity index (χ0) is 59.2. The Balaban J connectivity index is 0.772. The van der Waals surface area contributed by atoms with Crippen LogP contribution < -0.4 is 0 Å². The van der Waals surface area contributed by atoms with Gasteiger partial charge in [0.2, 0.25) is 0 Å². The first-order chi connectivity index (χ1) is 44.6. The van der Waals surface area contributed by atoms with Gasteiger partial charge in [-0.25, -0.2) is 9.97 Å². The summed E-state index contributed by atoms with van der Waals surface area (Å²) in [6.07, 6.45) is 0. The Morgan fingerprint density at radius 3 is 0.978 bits per heavy atom. The van der Waals surface area contributed by atoms with Gasteiger partial charge in [0.25, 0.3) is 0 Å². The number of fused-ring (bicyclic) bond motifs is 8. The third-order valence-electron chi connectivity index (χ3n) is 18.5. The van der Waals surface area contributed by atoms with Crippen LogP contribution in [0.15, 0.2) is 328 Å². The predicted octanol–water partition coefficient (Wildman–Crippen LogP) is 23.0. The Labute approximate surface area is 520 Å². The fraction of sp³-hybridized carbons (Fsp3) is 0. The van der Waals surface area contributed by atoms with Crippen LogP contribution in [0.2, 0.25) is 0 Å². The Morgan fingerprint density at radius 1 is 0.189 bits per heavy atom. The molecule has 4 heteroatoms. The molecule has 0 bridgehead atoms. The summed E-state index contributed by atoms with van der Waals surface area (Å²) in [6.45, 7) is 0. The first-order valence-electron chi connectivity index (χ1n) is 30.9. The highest BCUT2D eigenvalue weighted by molar-refractivity contribution is 6.25. The molecule has 418 valence electrons. The van der Waals surface area contributed by atoms with Gasteiger partial charge in [-0.3, -0.25) is 9.13 Å². The minimum atomic E-state index is 0.912. The SMILES string of the molecule is c1ccc(-c2c3ccc(-n4c(-c5ccccc5)nc5ccccc54)cc3c(-c3ccc(-c4ccc(-c5c6ccccc6cc6c(-c7ccc(-n8c(-c9ccccc9)nc9ccccc98)cc7)c7ccccc7cc56)cc4)cc3)c3cc4ccccc4cc23)cc1. The molecule has 0 saturated heterocycles. The van der Waals surface area contributed by atoms with Gasteiger partial charge in [0, 0.05) is 22.5 Å². The zero-order valence-electron chi connectivity index (χ0n) is 49.0. The van der Waals surface area contributed by atoms with Crippen LogP contribution in [0.4, 0.5) is 0 Å². The van der Waals surface area contributed by atoms with E-state index in [4.69, 9.17) is 9.97 Å². The van der Waals surface area contributed by atoms with Crippen LogP contribution in [0.1, 0.15) is 0 Å². The summed E-state index contributed by atoms with van der Waals surface area (Å²) in [7, 11) is 0. The van der Waals surface area contributed by atoms with Crippen LogP contribution in [0, 0.1) is 0 Å². The molecule has 0 amide bonds. The van der Waals surface area contributed by atoms with Crippen molar-refractivity contribution in [2.45, 2.75) is 0 Å². The van der Waals surface area contributed by atoms with Gasteiger partial charge in [-0.1, -0.05) is 255 Å². The van der Waals surface area contributed by atoms with E-state index < -0.39 is 0 Å². The second-order valence-corrected chi connectivity index (χ2v) is 23.6. The maximum absolute atomic E-state index is 5.27. The van der Waals surface area contributed by atoms with Crippen LogP contribution in [0.5, 0.6) is 0 Å². The number of rotatable bonds is 9. The van der Waals surface area contributed by atoms with Crippen molar-refractivity contribution in [3.8, 4) is 89.8 Å². The van der Waals surface area contributed by atoms with Crippen molar-refractivity contribution in [1.82, 2.24) is 19.1 Å². The third kappa shape index (κ3) is 8.38. The molecular formula is C86H54N4. The second-order valence-electron chi connectivity index (χ2n) is 23.6. The van der Waals surface area contributed by atoms with Crippen LogP contribution >= 0.6 is 0 Å². The van der Waals surface area contributed by atoms with Crippen molar-refractivity contribution >= 4 is 86.7 Å². The van der Waals surface area contributed by atoms with E-state index in [9.17, 15) is 0 Å². The van der Waals surface area contributed by atoms with E-state index in [1.54, 1.807) is 0 Å². The van der Waals surface area contributed by atoms with Gasteiger partial charge < -0.3 is 0 Å². The molecule has 4 nitrogen and oxygen atoms in total. The van der Waals surface area contributed by atoms with Crippen LogP contribution in [0.3, 0.4) is 0 Å². The van der Waals surface area contributed by atoms with Crippen molar-refractivity contribution in [2.24, 2.45) is 0 Å². The molecule has 90 heavy (non-hydrogen) atoms. The molecule has 0 N–H and O–H groups in total. The number of hydrogen-bond donors (Lipinski definition) is 0. The number of hydrogen-bond acceptors (Lipinski definition) is 2. The highest BCUT2D eigenvalue weighted by Crippen LogP contribution is 2.48. The van der Waals surface area contributed by atoms with Crippen LogP contribution in [0.25, 0.3) is 176 Å². The minimum absolute atomic E-state index is 0.912. The Kier molecular flexibility index (Phi) is 11.9. The van der Waals surface area contributed by atoms with Gasteiger partial charge in [0.05, 0.1) is 22.1 Å². The number of para-hydroxylation sites is 4. The lowest BCUT2D eigenvalue weighted by molar-refractivity contribution is 1.10. The van der Waals surface area contributed by atoms with Gasteiger partial charge in [0.1, 0.15) is 11.6 Å². The highest BCUT2D eigenvalue weighted by Gasteiger charge is 2.23. The molecule has 0 aliphatic rings. The van der Waals surface area contributed by atoms with Crippen LogP contribution in [-0.4, -0.2) is 19.1 Å². The van der Waals surface area contributed by atoms with E-state index in [1.165, 1.54) is 98.0 Å². The third-order valence-corrected chi connectivity index (χ3v) is 18.5. The lowest BCUT2D eigenvalue weighted by atomic mass is 9.84. The predicted molar refractivity (Wildman–Crippen MR) is 379 cm³/mol. The molecule has 16 aromatic carbocycles. The standard InChI is InChI=1S/C86H54N4/c1-4-20-57(21-5-1)83-71-49-48-68(90-80-35-19-17-33-78(80)88-86(90)62-24-8-3-9-25-62)54-76(71)84(73-51-64-27-11-10-26-63(64)50-72(73)83)59-42-38-56(39-43-59)55-36-40-58(41-37-55)81-69-30-14-12-28-65(69)53-75-74(81)52-66-29-13-15-31-70(66)82(75)60-44-46-67(47-45-60)89-79-34-18-16-32-77(79)87-85(89)61-22-6-2-7-23-61/h1-54H. The first kappa shape index (κ1) is 51.3. The van der Waals surface area contributed by atoms with E-state index in [0.29, 0.717) is 0 Å². The molecule has 18 aromatic rings. The van der Waals surface area contributed by atoms with Crippen molar-refractivity contribution in [1.29, 1.82) is 0 Å². The monoisotopic (exact) mass is 1140 g/mol. The van der Waals surface area contributed by atoms with E-state index in [0.717, 1.165) is 78.5 Å². The number of benzene rings is 16. The molecule has 0 saturated carbocycles. The van der Waals surface area contributed by atoms with Crippen molar-refractivity contribution in [3.05, 3.63) is 328 Å². The maximum atomic E-state index is 5.27. The average molecular weight is 1140 g/mol. The minimum Gasteiger partial charge on any atom is -0.292 e. The van der Waals surface area contributed by atoms with Gasteiger partial charge in [-0.05, 0) is 193 Å². The summed E-state index contributed by atoms with van der Waals surface area (Å²) in [5.41, 5.74) is 20.2. The smallest absolute Gasteiger partial charge is 0.145 e. The summed E-state index contributed by atoms with van der Waals surface area (Å²) in [5.74, 6) is 1.84. The molecule has 2 heterocycles. The molecule has 0 atom stereocenters. The molecule has 0 radical (unpaired) electrons. The van der Waals surface area contributed by atoms with Gasteiger partial charge in [-0.15, -0.1) is 0 Å². The summed E-state index contributed by atoms with van der Waals surface area (Å²) >= 11 is 0. The summed E-state index contributed by atoms with van der Waals surface area (Å²) in [4.78, 5) is 10.4. The quantitative estimate of drug-likeness (QED) is 0.135. The van der Waals surface area contributed by atoms with E-state index in [1.807, 2.05) is 0 Å². The van der Waals surface area contributed by atoms with Crippen molar-refractivity contribution < 1.29 is 0 Å². The molecule has 0 aliphatic carbocycles. The molecule has 0 spiro atoms. The maximum Gasteiger partial charge on any atom is 0.145 e. The molecule has 0 fully saturated rings. The lowest BCUT2D eigenvalue weighted by Gasteiger charge is -2.20. The van der Waals surface area contributed by atoms with Crippen molar-refractivity contribution in [3.63, 3.8) is 0 Å². The summed E-state index contributed by atoms with van der Waals surface area (Å²) < 4.78 is 4.62. The average Bonchev–Trinajstić information content (AvgIpc) is 0.973. The zero-order valence-corrected chi connectivity index (χ0v) is 49.0. The number of nitrogens with zero attached hydrogens (tertiary/aromatic N) is 4. The number of aromatic nitrogens is 4. The summed E-state index contributed by atoms with van der Waals surface area (Å²) in [5, 5.41) is 14.5. The lowest BCUT2D eigenvalue weighted by Crippen LogP contribution is -1.99. The summed E-state index contributed by atoms with van der Waals surface area (Å²) in [6, 6.07) is 120. The highest BCUT2D eigenvalue weighted by atomic mass is 15.1. The van der Waals surface area contributed by atoms with Crippen molar-refractivity contribution in [2.75, 3.05) is 0 Å². The van der Waals surface area contributed by atoms with E-state index in [2.05, 4.69) is 337 Å². The molecular weight excluding hydrogens is 1090 g/mol. The van der Waals surface area contributed by atoms with Crippen LogP contribution in [-0.2, 0) is 0 Å². The Morgan fingerprint density at radius 2 is 0.500 bits per heavy atom. The van der Waals surface area contributed by atoms with E-state index >= 15 is 0 Å². The van der Waals surface area contributed by atoms with Gasteiger partial charge >= 0.3 is 0 Å². The Bertz CT molecular complexity index is 5850.